The molecule has 0 aliphatic heterocycles. The lowest BCUT2D eigenvalue weighted by molar-refractivity contribution is 0.387. The third-order valence-electron chi connectivity index (χ3n) is 2.64. The molecule has 0 heterocycles. The van der Waals surface area contributed by atoms with Gasteiger partial charge in [-0.2, -0.15) is 5.26 Å². The van der Waals surface area contributed by atoms with E-state index in [9.17, 15) is 4.39 Å². The molecule has 0 aliphatic rings. The molecule has 0 fully saturated rings. The zero-order valence-corrected chi connectivity index (χ0v) is 10.3. The number of anilines is 3. The lowest BCUT2D eigenvalue weighted by Gasteiger charge is -2.12. The predicted octanol–water partition coefficient (Wildman–Crippen LogP) is 3.03. The van der Waals surface area contributed by atoms with Crippen LogP contribution in [0.15, 0.2) is 36.4 Å². The third-order valence-corrected chi connectivity index (χ3v) is 2.64. The SMILES string of the molecule is COc1cc(Nc2ccccc2C#N)c(N)cc1F. The van der Waals surface area contributed by atoms with E-state index < -0.39 is 5.82 Å². The van der Waals surface area contributed by atoms with Gasteiger partial charge >= 0.3 is 0 Å². The highest BCUT2D eigenvalue weighted by Gasteiger charge is 2.09. The van der Waals surface area contributed by atoms with Crippen LogP contribution in [0.2, 0.25) is 0 Å². The van der Waals surface area contributed by atoms with Gasteiger partial charge in [0.2, 0.25) is 0 Å². The largest absolute Gasteiger partial charge is 0.494 e. The first-order valence-corrected chi connectivity index (χ1v) is 5.55. The zero-order chi connectivity index (χ0) is 13.8. The van der Waals surface area contributed by atoms with Gasteiger partial charge in [-0.05, 0) is 12.1 Å². The number of rotatable bonds is 3. The van der Waals surface area contributed by atoms with Crippen molar-refractivity contribution in [2.75, 3.05) is 18.2 Å². The van der Waals surface area contributed by atoms with Gasteiger partial charge in [-0.25, -0.2) is 4.39 Å². The quantitative estimate of drug-likeness (QED) is 0.829. The van der Waals surface area contributed by atoms with Gasteiger partial charge in [-0.1, -0.05) is 12.1 Å². The second-order valence-corrected chi connectivity index (χ2v) is 3.86. The Morgan fingerprint density at radius 3 is 2.68 bits per heavy atom. The Balaban J connectivity index is 2.41. The summed E-state index contributed by atoms with van der Waals surface area (Å²) in [5.41, 5.74) is 7.55. The third kappa shape index (κ3) is 2.58. The van der Waals surface area contributed by atoms with Crippen LogP contribution in [0.25, 0.3) is 0 Å². The number of methoxy groups -OCH3 is 1. The molecular weight excluding hydrogens is 245 g/mol. The number of nitrogens with zero attached hydrogens (tertiary/aromatic N) is 1. The summed E-state index contributed by atoms with van der Waals surface area (Å²) in [6.45, 7) is 0. The van der Waals surface area contributed by atoms with Crippen molar-refractivity contribution in [1.29, 1.82) is 5.26 Å². The van der Waals surface area contributed by atoms with Crippen LogP contribution >= 0.6 is 0 Å². The van der Waals surface area contributed by atoms with Crippen molar-refractivity contribution in [2.45, 2.75) is 0 Å². The molecule has 5 heteroatoms. The number of nitrogen functional groups attached to an aromatic ring is 1. The fourth-order valence-electron chi connectivity index (χ4n) is 1.67. The zero-order valence-electron chi connectivity index (χ0n) is 10.3. The number of nitrogens with one attached hydrogen (secondary N) is 1. The van der Waals surface area contributed by atoms with Crippen molar-refractivity contribution in [1.82, 2.24) is 0 Å². The van der Waals surface area contributed by atoms with E-state index in [2.05, 4.69) is 11.4 Å². The van der Waals surface area contributed by atoms with Crippen LogP contribution in [0.5, 0.6) is 5.75 Å². The maximum Gasteiger partial charge on any atom is 0.167 e. The van der Waals surface area contributed by atoms with Crippen LogP contribution in [-0.4, -0.2) is 7.11 Å². The van der Waals surface area contributed by atoms with Crippen molar-refractivity contribution >= 4 is 17.1 Å². The van der Waals surface area contributed by atoms with Gasteiger partial charge in [0.25, 0.3) is 0 Å². The summed E-state index contributed by atoms with van der Waals surface area (Å²) in [5.74, 6) is -0.440. The molecule has 2 rings (SSSR count). The van der Waals surface area contributed by atoms with Gasteiger partial charge in [-0.3, -0.25) is 0 Å². The Morgan fingerprint density at radius 2 is 2.00 bits per heavy atom. The highest BCUT2D eigenvalue weighted by Crippen LogP contribution is 2.31. The summed E-state index contributed by atoms with van der Waals surface area (Å²) in [5, 5.41) is 12.0. The van der Waals surface area contributed by atoms with Gasteiger partial charge in [0.05, 0.1) is 29.7 Å². The van der Waals surface area contributed by atoms with Crippen molar-refractivity contribution in [2.24, 2.45) is 0 Å². The Kier molecular flexibility index (Phi) is 3.53. The lowest BCUT2D eigenvalue weighted by atomic mass is 10.1. The number of ether oxygens (including phenoxy) is 1. The van der Waals surface area contributed by atoms with E-state index in [0.29, 0.717) is 16.9 Å². The molecule has 0 saturated heterocycles. The van der Waals surface area contributed by atoms with Crippen LogP contribution in [0.3, 0.4) is 0 Å². The molecule has 0 aliphatic carbocycles. The van der Waals surface area contributed by atoms with Crippen molar-refractivity contribution in [3.05, 3.63) is 47.8 Å². The Hall–Kier alpha value is -2.74. The number of nitrogens with two attached hydrogens (primary N) is 1. The molecule has 0 aromatic heterocycles. The van der Waals surface area contributed by atoms with Gasteiger partial charge in [-0.15, -0.1) is 0 Å². The molecule has 3 N–H and O–H groups in total. The number of hydrogen-bond donors (Lipinski definition) is 2. The molecule has 0 unspecified atom stereocenters. The summed E-state index contributed by atoms with van der Waals surface area (Å²) >= 11 is 0. The van der Waals surface area contributed by atoms with E-state index in [4.69, 9.17) is 15.7 Å². The minimum absolute atomic E-state index is 0.0890. The molecule has 0 amide bonds. The Morgan fingerprint density at radius 1 is 1.26 bits per heavy atom. The van der Waals surface area contributed by atoms with Gasteiger partial charge < -0.3 is 15.8 Å². The van der Waals surface area contributed by atoms with E-state index in [1.165, 1.54) is 19.2 Å². The maximum absolute atomic E-state index is 13.4. The van der Waals surface area contributed by atoms with E-state index in [0.717, 1.165) is 0 Å². The van der Waals surface area contributed by atoms with Crippen molar-refractivity contribution in [3.63, 3.8) is 0 Å². The summed E-state index contributed by atoms with van der Waals surface area (Å²) in [6, 6.07) is 11.7. The smallest absolute Gasteiger partial charge is 0.167 e. The molecule has 2 aromatic carbocycles. The van der Waals surface area contributed by atoms with Crippen LogP contribution in [0, 0.1) is 17.1 Å². The van der Waals surface area contributed by atoms with Gasteiger partial charge in [0.1, 0.15) is 6.07 Å². The summed E-state index contributed by atoms with van der Waals surface area (Å²) in [7, 11) is 1.38. The topological polar surface area (TPSA) is 71.1 Å². The number of hydrogen-bond acceptors (Lipinski definition) is 4. The molecule has 0 saturated carbocycles. The summed E-state index contributed by atoms with van der Waals surface area (Å²) < 4.78 is 18.3. The molecular formula is C14H12FN3O. The number of para-hydroxylation sites is 1. The molecule has 4 nitrogen and oxygen atoms in total. The fraction of sp³-hybridized carbons (Fsp3) is 0.0714. The average Bonchev–Trinajstić information content (AvgIpc) is 2.42. The second-order valence-electron chi connectivity index (χ2n) is 3.86. The molecule has 0 spiro atoms. The first kappa shape index (κ1) is 12.7. The molecule has 96 valence electrons. The van der Waals surface area contributed by atoms with Gasteiger partial charge in [0.15, 0.2) is 11.6 Å². The fourth-order valence-corrected chi connectivity index (χ4v) is 1.67. The van der Waals surface area contributed by atoms with E-state index >= 15 is 0 Å². The Labute approximate surface area is 110 Å². The summed E-state index contributed by atoms with van der Waals surface area (Å²) in [4.78, 5) is 0. The van der Waals surface area contributed by atoms with E-state index in [1.54, 1.807) is 24.3 Å². The number of halogens is 1. The van der Waals surface area contributed by atoms with Crippen LogP contribution in [-0.2, 0) is 0 Å². The second kappa shape index (κ2) is 5.27. The first-order chi connectivity index (χ1) is 9.15. The molecule has 19 heavy (non-hydrogen) atoms. The standard InChI is InChI=1S/C14H12FN3O/c1-19-14-7-13(11(17)6-10(14)15)18-12-5-3-2-4-9(12)8-16/h2-7,18H,17H2,1H3. The lowest BCUT2D eigenvalue weighted by Crippen LogP contribution is -2.00. The summed E-state index contributed by atoms with van der Waals surface area (Å²) in [6.07, 6.45) is 0. The highest BCUT2D eigenvalue weighted by atomic mass is 19.1. The Bertz CT molecular complexity index is 650. The molecule has 0 radical (unpaired) electrons. The molecule has 0 atom stereocenters. The van der Waals surface area contributed by atoms with E-state index in [-0.39, 0.29) is 11.4 Å². The van der Waals surface area contributed by atoms with E-state index in [1.807, 2.05) is 0 Å². The predicted molar refractivity (Wildman–Crippen MR) is 71.8 cm³/mol. The first-order valence-electron chi connectivity index (χ1n) is 5.55. The average molecular weight is 257 g/mol. The number of benzene rings is 2. The minimum atomic E-state index is -0.529. The highest BCUT2D eigenvalue weighted by molar-refractivity contribution is 5.76. The van der Waals surface area contributed by atoms with Gasteiger partial charge in [0, 0.05) is 12.1 Å². The monoisotopic (exact) mass is 257 g/mol. The molecule has 0 bridgehead atoms. The van der Waals surface area contributed by atoms with Crippen LogP contribution < -0.4 is 15.8 Å². The van der Waals surface area contributed by atoms with Crippen molar-refractivity contribution < 1.29 is 9.13 Å². The number of nitriles is 1. The van der Waals surface area contributed by atoms with Crippen molar-refractivity contribution in [3.8, 4) is 11.8 Å². The maximum atomic E-state index is 13.4. The normalized spacial score (nSPS) is 9.74. The molecule has 2 aromatic rings. The van der Waals surface area contributed by atoms with Crippen LogP contribution in [0.4, 0.5) is 21.5 Å². The van der Waals surface area contributed by atoms with Crippen LogP contribution in [0.1, 0.15) is 5.56 Å². The minimum Gasteiger partial charge on any atom is -0.494 e.